The van der Waals surface area contributed by atoms with E-state index in [2.05, 4.69) is 24.8 Å². The van der Waals surface area contributed by atoms with E-state index in [1.54, 1.807) is 0 Å². The third kappa shape index (κ3) is 2.15. The lowest BCUT2D eigenvalue weighted by atomic mass is 9.98. The Morgan fingerprint density at radius 3 is 2.69 bits per heavy atom. The van der Waals surface area contributed by atoms with Crippen molar-refractivity contribution in [1.82, 2.24) is 0 Å². The summed E-state index contributed by atoms with van der Waals surface area (Å²) in [4.78, 5) is 0. The highest BCUT2D eigenvalue weighted by Gasteiger charge is 2.09. The average Bonchev–Trinajstić information content (AvgIpc) is 2.35. The van der Waals surface area contributed by atoms with E-state index in [0.29, 0.717) is 0 Å². The highest BCUT2D eigenvalue weighted by atomic mass is 16.3. The Kier molecular flexibility index (Phi) is 3.37. The molecule has 0 aromatic heterocycles. The molecule has 0 bridgehead atoms. The Labute approximate surface area is 96.0 Å². The van der Waals surface area contributed by atoms with Crippen molar-refractivity contribution in [3.63, 3.8) is 0 Å². The summed E-state index contributed by atoms with van der Waals surface area (Å²) in [6.45, 7) is 3.68. The van der Waals surface area contributed by atoms with E-state index in [-0.39, 0.29) is 0 Å². The SMILES string of the molecule is C=CCCC(O)c1cccc2ccccc12. The molecule has 1 nitrogen and oxygen atoms in total. The minimum Gasteiger partial charge on any atom is -0.388 e. The zero-order chi connectivity index (χ0) is 11.4. The molecule has 0 heterocycles. The second-order valence-electron chi connectivity index (χ2n) is 3.95. The van der Waals surface area contributed by atoms with Crippen LogP contribution in [0.2, 0.25) is 0 Å². The summed E-state index contributed by atoms with van der Waals surface area (Å²) in [6.07, 6.45) is 3.01. The molecule has 0 aliphatic rings. The molecule has 0 radical (unpaired) electrons. The average molecular weight is 212 g/mol. The largest absolute Gasteiger partial charge is 0.388 e. The Bertz CT molecular complexity index is 482. The molecule has 0 saturated carbocycles. The third-order valence-corrected chi connectivity index (χ3v) is 2.83. The summed E-state index contributed by atoms with van der Waals surface area (Å²) in [6, 6.07) is 14.2. The van der Waals surface area contributed by atoms with E-state index >= 15 is 0 Å². The van der Waals surface area contributed by atoms with Crippen LogP contribution in [0.25, 0.3) is 10.8 Å². The molecule has 2 aromatic carbocycles. The van der Waals surface area contributed by atoms with Crippen LogP contribution in [0.3, 0.4) is 0 Å². The number of benzene rings is 2. The maximum absolute atomic E-state index is 10.1. The Hall–Kier alpha value is -1.60. The van der Waals surface area contributed by atoms with Gasteiger partial charge in [-0.3, -0.25) is 0 Å². The molecular formula is C15H16O. The monoisotopic (exact) mass is 212 g/mol. The predicted molar refractivity (Wildman–Crippen MR) is 68.3 cm³/mol. The zero-order valence-corrected chi connectivity index (χ0v) is 9.26. The minimum atomic E-state index is -0.399. The molecule has 0 saturated heterocycles. The minimum absolute atomic E-state index is 0.399. The number of aliphatic hydroxyl groups is 1. The van der Waals surface area contributed by atoms with Crippen LogP contribution < -0.4 is 0 Å². The van der Waals surface area contributed by atoms with Crippen molar-refractivity contribution in [1.29, 1.82) is 0 Å². The first kappa shape index (κ1) is 10.9. The predicted octanol–water partition coefficient (Wildman–Crippen LogP) is 3.84. The molecule has 1 N–H and O–H groups in total. The number of aliphatic hydroxyl groups excluding tert-OH is 1. The number of allylic oxidation sites excluding steroid dienone is 1. The molecule has 2 rings (SSSR count). The van der Waals surface area contributed by atoms with E-state index in [9.17, 15) is 5.11 Å². The molecule has 0 amide bonds. The first-order valence-electron chi connectivity index (χ1n) is 5.59. The molecular weight excluding hydrogens is 196 g/mol. The molecule has 16 heavy (non-hydrogen) atoms. The zero-order valence-electron chi connectivity index (χ0n) is 9.26. The maximum Gasteiger partial charge on any atom is 0.0799 e. The second-order valence-corrected chi connectivity index (χ2v) is 3.95. The quantitative estimate of drug-likeness (QED) is 0.763. The summed E-state index contributed by atoms with van der Waals surface area (Å²) >= 11 is 0. The fraction of sp³-hybridized carbons (Fsp3) is 0.200. The molecule has 0 spiro atoms. The van der Waals surface area contributed by atoms with Gasteiger partial charge in [0.15, 0.2) is 0 Å². The lowest BCUT2D eigenvalue weighted by molar-refractivity contribution is 0.170. The molecule has 0 fully saturated rings. The van der Waals surface area contributed by atoms with Gasteiger partial charge in [0.05, 0.1) is 6.10 Å². The van der Waals surface area contributed by atoms with Gasteiger partial charge in [0.2, 0.25) is 0 Å². The van der Waals surface area contributed by atoms with Crippen molar-refractivity contribution < 1.29 is 5.11 Å². The summed E-state index contributed by atoms with van der Waals surface area (Å²) in [5, 5.41) is 12.4. The van der Waals surface area contributed by atoms with Crippen LogP contribution in [0.5, 0.6) is 0 Å². The van der Waals surface area contributed by atoms with Gasteiger partial charge in [-0.2, -0.15) is 0 Å². The molecule has 0 aliphatic heterocycles. The van der Waals surface area contributed by atoms with E-state index in [1.165, 1.54) is 5.39 Å². The van der Waals surface area contributed by atoms with Gasteiger partial charge in [-0.1, -0.05) is 48.5 Å². The fourth-order valence-corrected chi connectivity index (χ4v) is 1.97. The number of hydrogen-bond donors (Lipinski definition) is 1. The Morgan fingerprint density at radius 1 is 1.12 bits per heavy atom. The lowest BCUT2D eigenvalue weighted by Gasteiger charge is -2.12. The topological polar surface area (TPSA) is 20.2 Å². The molecule has 1 atom stereocenters. The molecule has 0 aliphatic carbocycles. The van der Waals surface area contributed by atoms with Crippen molar-refractivity contribution in [2.45, 2.75) is 18.9 Å². The van der Waals surface area contributed by atoms with Crippen LogP contribution >= 0.6 is 0 Å². The molecule has 1 heteroatoms. The van der Waals surface area contributed by atoms with Gasteiger partial charge in [0, 0.05) is 0 Å². The van der Waals surface area contributed by atoms with Crippen molar-refractivity contribution >= 4 is 10.8 Å². The molecule has 2 aromatic rings. The van der Waals surface area contributed by atoms with Crippen molar-refractivity contribution in [2.24, 2.45) is 0 Å². The van der Waals surface area contributed by atoms with Crippen LogP contribution in [0.1, 0.15) is 24.5 Å². The number of hydrogen-bond acceptors (Lipinski definition) is 1. The second kappa shape index (κ2) is 4.95. The third-order valence-electron chi connectivity index (χ3n) is 2.83. The summed E-state index contributed by atoms with van der Waals surface area (Å²) in [5.74, 6) is 0. The van der Waals surface area contributed by atoms with Gasteiger partial charge >= 0.3 is 0 Å². The summed E-state index contributed by atoms with van der Waals surface area (Å²) in [5.41, 5.74) is 1.01. The first-order chi connectivity index (χ1) is 7.83. The normalized spacial score (nSPS) is 12.6. The standard InChI is InChI=1S/C15H16O/c1-2-3-11-15(16)14-10-6-8-12-7-4-5-9-13(12)14/h2,4-10,15-16H,1,3,11H2. The van der Waals surface area contributed by atoms with Gasteiger partial charge in [-0.05, 0) is 29.2 Å². The van der Waals surface area contributed by atoms with E-state index < -0.39 is 6.10 Å². The Morgan fingerprint density at radius 2 is 1.88 bits per heavy atom. The highest BCUT2D eigenvalue weighted by Crippen LogP contribution is 2.26. The van der Waals surface area contributed by atoms with Crippen LogP contribution in [-0.4, -0.2) is 5.11 Å². The van der Waals surface area contributed by atoms with Gasteiger partial charge in [0.1, 0.15) is 0 Å². The van der Waals surface area contributed by atoms with Crippen LogP contribution in [0.15, 0.2) is 55.1 Å². The van der Waals surface area contributed by atoms with Crippen molar-refractivity contribution in [3.8, 4) is 0 Å². The van der Waals surface area contributed by atoms with Gasteiger partial charge < -0.3 is 5.11 Å². The van der Waals surface area contributed by atoms with E-state index in [4.69, 9.17) is 0 Å². The van der Waals surface area contributed by atoms with Crippen molar-refractivity contribution in [3.05, 3.63) is 60.7 Å². The van der Waals surface area contributed by atoms with Crippen LogP contribution in [-0.2, 0) is 0 Å². The summed E-state index contributed by atoms with van der Waals surface area (Å²) < 4.78 is 0. The van der Waals surface area contributed by atoms with Gasteiger partial charge in [-0.25, -0.2) is 0 Å². The van der Waals surface area contributed by atoms with Crippen LogP contribution in [0.4, 0.5) is 0 Å². The smallest absolute Gasteiger partial charge is 0.0799 e. The van der Waals surface area contributed by atoms with E-state index in [1.807, 2.05) is 30.3 Å². The summed E-state index contributed by atoms with van der Waals surface area (Å²) in [7, 11) is 0. The van der Waals surface area contributed by atoms with Crippen molar-refractivity contribution in [2.75, 3.05) is 0 Å². The van der Waals surface area contributed by atoms with E-state index in [0.717, 1.165) is 23.8 Å². The van der Waals surface area contributed by atoms with Crippen LogP contribution in [0, 0.1) is 0 Å². The fourth-order valence-electron chi connectivity index (χ4n) is 1.97. The highest BCUT2D eigenvalue weighted by molar-refractivity contribution is 5.85. The maximum atomic E-state index is 10.1. The lowest BCUT2D eigenvalue weighted by Crippen LogP contribution is -1.97. The Balaban J connectivity index is 2.39. The first-order valence-corrected chi connectivity index (χ1v) is 5.59. The number of fused-ring (bicyclic) bond motifs is 1. The molecule has 1 unspecified atom stereocenters. The molecule has 82 valence electrons. The number of rotatable bonds is 4. The van der Waals surface area contributed by atoms with Gasteiger partial charge in [0.25, 0.3) is 0 Å². The van der Waals surface area contributed by atoms with Gasteiger partial charge in [-0.15, -0.1) is 6.58 Å².